The average molecular weight is 666 g/mol. The van der Waals surface area contributed by atoms with E-state index in [9.17, 15) is 9.59 Å². The second kappa shape index (κ2) is 10.9. The van der Waals surface area contributed by atoms with Crippen molar-refractivity contribution in [2.24, 2.45) is 5.92 Å². The van der Waals surface area contributed by atoms with Gasteiger partial charge in [-0.25, -0.2) is 0 Å². The monoisotopic (exact) mass is 664 g/mol. The molecular formula is C36H29BrN2O6. The first kappa shape index (κ1) is 28.9. The maximum atomic E-state index is 15.1. The smallest absolute Gasteiger partial charge is 0.238 e. The number of methoxy groups -OCH3 is 3. The Labute approximate surface area is 268 Å². The van der Waals surface area contributed by atoms with Crippen LogP contribution in [0.2, 0.25) is 0 Å². The molecule has 0 bridgehead atoms. The lowest BCUT2D eigenvalue weighted by atomic mass is 9.62. The molecule has 1 fully saturated rings. The van der Waals surface area contributed by atoms with Crippen LogP contribution in [0.1, 0.15) is 43.4 Å². The first-order chi connectivity index (χ1) is 21.8. The van der Waals surface area contributed by atoms with Gasteiger partial charge < -0.3 is 24.4 Å². The second-order valence-corrected chi connectivity index (χ2v) is 12.1. The molecule has 1 saturated heterocycles. The topological polar surface area (TPSA) is 94.2 Å². The Bertz CT molecular complexity index is 1920. The molecule has 3 aliphatic rings. The van der Waals surface area contributed by atoms with E-state index in [1.807, 2.05) is 65.7 Å². The molecule has 9 heteroatoms. The number of fused-ring (bicyclic) bond motifs is 6. The fourth-order valence-corrected chi connectivity index (χ4v) is 7.87. The number of carbonyl (C=O) groups is 3. The van der Waals surface area contributed by atoms with Gasteiger partial charge in [0.15, 0.2) is 23.1 Å². The highest BCUT2D eigenvalue weighted by Gasteiger charge is 2.70. The molecule has 1 spiro atoms. The third-order valence-corrected chi connectivity index (χ3v) is 9.85. The van der Waals surface area contributed by atoms with Gasteiger partial charge in [-0.1, -0.05) is 42.5 Å². The molecule has 0 radical (unpaired) electrons. The third-order valence-electron chi connectivity index (χ3n) is 9.23. The molecule has 4 atom stereocenters. The maximum Gasteiger partial charge on any atom is 0.238 e. The molecule has 226 valence electrons. The fourth-order valence-electron chi connectivity index (χ4n) is 7.33. The Morgan fingerprint density at radius 2 is 1.47 bits per heavy atom. The van der Waals surface area contributed by atoms with Crippen molar-refractivity contribution in [2.45, 2.75) is 17.5 Å². The molecule has 0 unspecified atom stereocenters. The lowest BCUT2D eigenvalue weighted by Crippen LogP contribution is -2.49. The Balaban J connectivity index is 1.51. The summed E-state index contributed by atoms with van der Waals surface area (Å²) >= 11 is 3.51. The lowest BCUT2D eigenvalue weighted by Gasteiger charge is -2.38. The number of rotatable bonds is 7. The van der Waals surface area contributed by atoms with Crippen LogP contribution < -0.4 is 19.5 Å². The number of benzene rings is 4. The van der Waals surface area contributed by atoms with Gasteiger partial charge in [-0.15, -0.1) is 0 Å². The summed E-state index contributed by atoms with van der Waals surface area (Å²) < 4.78 is 17.0. The summed E-state index contributed by atoms with van der Waals surface area (Å²) in [6.07, 6.45) is 3.79. The van der Waals surface area contributed by atoms with Crippen LogP contribution in [-0.2, 0) is 10.2 Å². The third kappa shape index (κ3) is 4.14. The Hall–Kier alpha value is -4.89. The minimum atomic E-state index is -1.44. The summed E-state index contributed by atoms with van der Waals surface area (Å²) in [6.45, 7) is 0. The summed E-state index contributed by atoms with van der Waals surface area (Å²) in [7, 11) is 4.57. The van der Waals surface area contributed by atoms with Crippen LogP contribution in [0.3, 0.4) is 0 Å². The quantitative estimate of drug-likeness (QED) is 0.227. The Kier molecular flexibility index (Phi) is 7.00. The van der Waals surface area contributed by atoms with Crippen LogP contribution in [0.5, 0.6) is 17.2 Å². The van der Waals surface area contributed by atoms with Crippen molar-refractivity contribution in [3.05, 3.63) is 123 Å². The van der Waals surface area contributed by atoms with E-state index in [-0.39, 0.29) is 17.5 Å². The number of carbonyl (C=O) groups excluding carboxylic acids is 3. The summed E-state index contributed by atoms with van der Waals surface area (Å²) in [6, 6.07) is 23.6. The molecule has 0 aromatic heterocycles. The molecule has 1 N–H and O–H groups in total. The van der Waals surface area contributed by atoms with Crippen molar-refractivity contribution in [3.63, 3.8) is 0 Å². The normalized spacial score (nSPS) is 22.4. The van der Waals surface area contributed by atoms with E-state index in [1.54, 1.807) is 43.5 Å². The van der Waals surface area contributed by atoms with E-state index < -0.39 is 23.4 Å². The van der Waals surface area contributed by atoms with Crippen LogP contribution in [0.25, 0.3) is 6.08 Å². The van der Waals surface area contributed by atoms with Gasteiger partial charge in [-0.05, 0) is 81.2 Å². The second-order valence-electron chi connectivity index (χ2n) is 11.2. The number of para-hydroxylation sites is 1. The standard InChI is InChI=1S/C36H29BrN2O6/c1-43-27-14-12-21(18-25(27)37)33(41)31-30(32(40)22-13-15-28(44-2)29(19-22)45-3)36(24-10-6-7-11-26(24)38-35(36)42)34-23-9-5-4-8-20(23)16-17-39(31)34/h4-19,30-31,34H,1-3H3,(H,38,42)/t30-,31-,34+,36+/m0/s1. The number of amides is 1. The summed E-state index contributed by atoms with van der Waals surface area (Å²) in [4.78, 5) is 46.5. The number of nitrogens with zero attached hydrogens (tertiary/aromatic N) is 1. The van der Waals surface area contributed by atoms with Crippen molar-refractivity contribution in [1.29, 1.82) is 0 Å². The van der Waals surface area contributed by atoms with E-state index in [2.05, 4.69) is 21.2 Å². The van der Waals surface area contributed by atoms with Crippen LogP contribution >= 0.6 is 15.9 Å². The Morgan fingerprint density at radius 3 is 2.20 bits per heavy atom. The Morgan fingerprint density at radius 1 is 0.800 bits per heavy atom. The predicted octanol–water partition coefficient (Wildman–Crippen LogP) is 6.46. The number of hydrogen-bond acceptors (Lipinski definition) is 7. The van der Waals surface area contributed by atoms with Gasteiger partial charge in [0.2, 0.25) is 5.91 Å². The number of nitrogens with one attached hydrogen (secondary N) is 1. The molecule has 0 saturated carbocycles. The van der Waals surface area contributed by atoms with Gasteiger partial charge in [0.25, 0.3) is 0 Å². The largest absolute Gasteiger partial charge is 0.496 e. The molecule has 3 aliphatic heterocycles. The molecule has 8 nitrogen and oxygen atoms in total. The van der Waals surface area contributed by atoms with E-state index in [4.69, 9.17) is 14.2 Å². The summed E-state index contributed by atoms with van der Waals surface area (Å²) in [5, 5.41) is 3.07. The average Bonchev–Trinajstić information content (AvgIpc) is 3.55. The van der Waals surface area contributed by atoms with Gasteiger partial charge in [0.1, 0.15) is 17.2 Å². The van der Waals surface area contributed by atoms with Crippen LogP contribution in [0.15, 0.2) is 95.6 Å². The van der Waals surface area contributed by atoms with Crippen molar-refractivity contribution in [2.75, 3.05) is 26.6 Å². The molecule has 4 aromatic carbocycles. The van der Waals surface area contributed by atoms with Gasteiger partial charge >= 0.3 is 0 Å². The minimum absolute atomic E-state index is 0.291. The number of ether oxygens (including phenoxy) is 3. The zero-order valence-electron chi connectivity index (χ0n) is 24.7. The highest BCUT2D eigenvalue weighted by atomic mass is 79.9. The minimum Gasteiger partial charge on any atom is -0.496 e. The maximum absolute atomic E-state index is 15.1. The highest BCUT2D eigenvalue weighted by molar-refractivity contribution is 9.10. The number of Topliss-reactive ketones (excluding diaryl/α,β-unsaturated/α-hetero) is 2. The molecule has 7 rings (SSSR count). The number of hydrogen-bond donors (Lipinski definition) is 1. The van der Waals surface area contributed by atoms with Gasteiger partial charge in [-0.2, -0.15) is 0 Å². The molecule has 45 heavy (non-hydrogen) atoms. The fraction of sp³-hybridized carbons (Fsp3) is 0.194. The highest BCUT2D eigenvalue weighted by Crippen LogP contribution is 2.62. The first-order valence-electron chi connectivity index (χ1n) is 14.4. The zero-order valence-corrected chi connectivity index (χ0v) is 26.3. The van der Waals surface area contributed by atoms with Gasteiger partial charge in [-0.3, -0.25) is 14.4 Å². The molecule has 0 aliphatic carbocycles. The number of halogens is 1. The molecular weight excluding hydrogens is 636 g/mol. The van der Waals surface area contributed by atoms with E-state index >= 15 is 4.79 Å². The molecule has 1 amide bonds. The SMILES string of the molecule is COc1ccc(C(=O)[C@@H]2[C@@H](C(=O)c3ccc(OC)c(OC)c3)[C@@]3(C(=O)Nc4ccccc43)[C@H]3c4ccccc4C=CN23)cc1Br. The van der Waals surface area contributed by atoms with Crippen molar-refractivity contribution in [1.82, 2.24) is 4.90 Å². The van der Waals surface area contributed by atoms with E-state index in [1.165, 1.54) is 14.2 Å². The first-order valence-corrected chi connectivity index (χ1v) is 15.2. The number of anilines is 1. The number of ketones is 2. The molecule has 3 heterocycles. The van der Waals surface area contributed by atoms with E-state index in [0.717, 1.165) is 11.1 Å². The van der Waals surface area contributed by atoms with E-state index in [0.29, 0.717) is 44.1 Å². The van der Waals surface area contributed by atoms with Gasteiger partial charge in [0, 0.05) is 23.0 Å². The van der Waals surface area contributed by atoms with Crippen LogP contribution in [0, 0.1) is 5.92 Å². The van der Waals surface area contributed by atoms with Crippen LogP contribution in [0.4, 0.5) is 5.69 Å². The zero-order chi connectivity index (χ0) is 31.5. The van der Waals surface area contributed by atoms with Crippen molar-refractivity contribution in [3.8, 4) is 17.2 Å². The lowest BCUT2D eigenvalue weighted by molar-refractivity contribution is -0.122. The van der Waals surface area contributed by atoms with Crippen LogP contribution in [-0.4, -0.2) is 49.7 Å². The molecule has 4 aromatic rings. The van der Waals surface area contributed by atoms with Crippen molar-refractivity contribution < 1.29 is 28.6 Å². The van der Waals surface area contributed by atoms with Gasteiger partial charge in [0.05, 0.1) is 37.8 Å². The predicted molar refractivity (Wildman–Crippen MR) is 173 cm³/mol. The summed E-state index contributed by atoms with van der Waals surface area (Å²) in [5.74, 6) is -0.682. The van der Waals surface area contributed by atoms with Crippen molar-refractivity contribution >= 4 is 45.2 Å². The summed E-state index contributed by atoms with van der Waals surface area (Å²) in [5.41, 5.74) is 2.34.